The maximum atomic E-state index is 12.4. The second kappa shape index (κ2) is 7.06. The Labute approximate surface area is 145 Å². The van der Waals surface area contributed by atoms with Gasteiger partial charge in [0.2, 0.25) is 5.91 Å². The first-order valence-corrected chi connectivity index (χ1v) is 8.19. The van der Waals surface area contributed by atoms with Crippen molar-refractivity contribution >= 4 is 23.5 Å². The number of ether oxygens (including phenoxy) is 1. The average molecular weight is 344 g/mol. The van der Waals surface area contributed by atoms with Crippen molar-refractivity contribution in [1.29, 1.82) is 0 Å². The van der Waals surface area contributed by atoms with Crippen molar-refractivity contribution in [2.75, 3.05) is 19.8 Å². The zero-order valence-corrected chi connectivity index (χ0v) is 13.7. The molecule has 2 unspecified atom stereocenters. The first-order valence-electron chi connectivity index (χ1n) is 8.19. The molecule has 2 N–H and O–H groups in total. The fourth-order valence-electron chi connectivity index (χ4n) is 3.27. The van der Waals surface area contributed by atoms with Gasteiger partial charge >= 0.3 is 5.97 Å². The predicted octanol–water partition coefficient (Wildman–Crippen LogP) is 1.11. The third-order valence-corrected chi connectivity index (χ3v) is 4.59. The number of carbonyl (C=O) groups excluding carboxylic acids is 2. The molecule has 0 bridgehead atoms. The lowest BCUT2D eigenvalue weighted by atomic mass is 9.93. The number of aliphatic carboxylic acids is 1. The topological polar surface area (TPSA) is 95.9 Å². The van der Waals surface area contributed by atoms with Crippen LogP contribution in [0.2, 0.25) is 0 Å². The summed E-state index contributed by atoms with van der Waals surface area (Å²) in [5.41, 5.74) is 1.63. The number of hydrogen-bond acceptors (Lipinski definition) is 4. The van der Waals surface area contributed by atoms with E-state index in [2.05, 4.69) is 11.9 Å². The van der Waals surface area contributed by atoms with Gasteiger partial charge in [-0.1, -0.05) is 24.8 Å². The molecule has 0 radical (unpaired) electrons. The highest BCUT2D eigenvalue weighted by molar-refractivity contribution is 6.10. The number of carbonyl (C=O) groups is 3. The van der Waals surface area contributed by atoms with Crippen LogP contribution in [0.15, 0.2) is 30.8 Å². The summed E-state index contributed by atoms with van der Waals surface area (Å²) in [5.74, 6) is -2.20. The molecule has 1 aromatic carbocycles. The number of carboxylic acids is 1. The minimum atomic E-state index is -1.10. The van der Waals surface area contributed by atoms with Gasteiger partial charge in [0.05, 0.1) is 6.61 Å². The fourth-order valence-corrected chi connectivity index (χ4v) is 3.27. The summed E-state index contributed by atoms with van der Waals surface area (Å²) in [4.78, 5) is 37.5. The van der Waals surface area contributed by atoms with Gasteiger partial charge in [-0.3, -0.25) is 14.5 Å². The molecular weight excluding hydrogens is 324 g/mol. The van der Waals surface area contributed by atoms with E-state index in [0.29, 0.717) is 36.5 Å². The minimum Gasteiger partial charge on any atom is -0.480 e. The normalized spacial score (nSPS) is 21.0. The molecule has 1 saturated heterocycles. The lowest BCUT2D eigenvalue weighted by molar-refractivity contribution is -0.145. The fraction of sp³-hybridized carbons (Fsp3) is 0.389. The highest BCUT2D eigenvalue weighted by Gasteiger charge is 2.35. The number of rotatable bonds is 5. The molecule has 0 spiro atoms. The van der Waals surface area contributed by atoms with Crippen LogP contribution in [0.1, 0.15) is 28.8 Å². The van der Waals surface area contributed by atoms with Crippen LogP contribution in [0, 0.1) is 5.92 Å². The molecule has 2 heterocycles. The van der Waals surface area contributed by atoms with E-state index in [9.17, 15) is 19.5 Å². The summed E-state index contributed by atoms with van der Waals surface area (Å²) in [5, 5.41) is 11.9. The van der Waals surface area contributed by atoms with Crippen LogP contribution in [0.25, 0.3) is 5.70 Å². The van der Waals surface area contributed by atoms with Crippen LogP contribution in [0.3, 0.4) is 0 Å². The Morgan fingerprint density at radius 2 is 2.08 bits per heavy atom. The van der Waals surface area contributed by atoms with Gasteiger partial charge in [-0.15, -0.1) is 0 Å². The average Bonchev–Trinajstić information content (AvgIpc) is 2.85. The van der Waals surface area contributed by atoms with Crippen LogP contribution in [-0.4, -0.2) is 53.6 Å². The van der Waals surface area contributed by atoms with E-state index in [1.54, 1.807) is 24.3 Å². The molecule has 2 amide bonds. The van der Waals surface area contributed by atoms with Crippen molar-refractivity contribution in [3.05, 3.63) is 42.0 Å². The van der Waals surface area contributed by atoms with E-state index >= 15 is 0 Å². The van der Waals surface area contributed by atoms with Gasteiger partial charge in [0.1, 0.15) is 12.6 Å². The quantitative estimate of drug-likeness (QED) is 0.834. The summed E-state index contributed by atoms with van der Waals surface area (Å²) in [7, 11) is 0. The SMILES string of the molecule is C=C1c2ccccc2C(=O)N1CC(=O)NC(C(=O)O)C1CCCOC1. The molecule has 7 nitrogen and oxygen atoms in total. The molecule has 25 heavy (non-hydrogen) atoms. The van der Waals surface area contributed by atoms with Crippen molar-refractivity contribution in [1.82, 2.24) is 10.2 Å². The summed E-state index contributed by atoms with van der Waals surface area (Å²) in [6.45, 7) is 4.52. The Kier molecular flexibility index (Phi) is 4.85. The number of fused-ring (bicyclic) bond motifs is 1. The number of amides is 2. The zero-order chi connectivity index (χ0) is 18.0. The maximum Gasteiger partial charge on any atom is 0.326 e. The lowest BCUT2D eigenvalue weighted by Crippen LogP contribution is -2.50. The van der Waals surface area contributed by atoms with E-state index in [0.717, 1.165) is 6.42 Å². The number of hydrogen-bond donors (Lipinski definition) is 2. The van der Waals surface area contributed by atoms with Gasteiger partial charge in [-0.05, 0) is 18.9 Å². The van der Waals surface area contributed by atoms with Crippen molar-refractivity contribution < 1.29 is 24.2 Å². The Balaban J connectivity index is 1.67. The first kappa shape index (κ1) is 17.2. The van der Waals surface area contributed by atoms with E-state index in [-0.39, 0.29) is 18.4 Å². The van der Waals surface area contributed by atoms with E-state index in [1.165, 1.54) is 4.90 Å². The molecule has 2 atom stereocenters. The van der Waals surface area contributed by atoms with E-state index in [4.69, 9.17) is 4.74 Å². The van der Waals surface area contributed by atoms with Crippen molar-refractivity contribution in [2.24, 2.45) is 5.92 Å². The van der Waals surface area contributed by atoms with Gasteiger partial charge in [0, 0.05) is 29.3 Å². The van der Waals surface area contributed by atoms with Crippen LogP contribution < -0.4 is 5.32 Å². The summed E-state index contributed by atoms with van der Waals surface area (Å²) in [6.07, 6.45) is 1.44. The van der Waals surface area contributed by atoms with Crippen molar-refractivity contribution in [3.63, 3.8) is 0 Å². The highest BCUT2D eigenvalue weighted by atomic mass is 16.5. The number of nitrogens with one attached hydrogen (secondary N) is 1. The molecule has 1 fully saturated rings. The number of nitrogens with zero attached hydrogens (tertiary/aromatic N) is 1. The van der Waals surface area contributed by atoms with Crippen LogP contribution in [0.5, 0.6) is 0 Å². The minimum absolute atomic E-state index is 0.260. The smallest absolute Gasteiger partial charge is 0.326 e. The molecule has 7 heteroatoms. The molecular formula is C18H20N2O5. The third kappa shape index (κ3) is 3.41. The van der Waals surface area contributed by atoms with Crippen LogP contribution in [-0.2, 0) is 14.3 Å². The van der Waals surface area contributed by atoms with Crippen molar-refractivity contribution in [3.8, 4) is 0 Å². The lowest BCUT2D eigenvalue weighted by Gasteiger charge is -2.28. The number of benzene rings is 1. The van der Waals surface area contributed by atoms with Gasteiger partial charge in [-0.2, -0.15) is 0 Å². The van der Waals surface area contributed by atoms with Gasteiger partial charge in [0.15, 0.2) is 0 Å². The maximum absolute atomic E-state index is 12.4. The molecule has 2 aliphatic heterocycles. The molecule has 132 valence electrons. The predicted molar refractivity (Wildman–Crippen MR) is 89.6 cm³/mol. The Morgan fingerprint density at radius 3 is 2.68 bits per heavy atom. The highest BCUT2D eigenvalue weighted by Crippen LogP contribution is 2.30. The molecule has 2 aliphatic rings. The molecule has 3 rings (SSSR count). The van der Waals surface area contributed by atoms with E-state index in [1.807, 2.05) is 0 Å². The summed E-state index contributed by atoms with van der Waals surface area (Å²) in [6, 6.07) is 5.97. The third-order valence-electron chi connectivity index (χ3n) is 4.59. The zero-order valence-electron chi connectivity index (χ0n) is 13.7. The van der Waals surface area contributed by atoms with Crippen LogP contribution in [0.4, 0.5) is 0 Å². The van der Waals surface area contributed by atoms with Crippen LogP contribution >= 0.6 is 0 Å². The monoisotopic (exact) mass is 344 g/mol. The summed E-state index contributed by atoms with van der Waals surface area (Å²) < 4.78 is 5.31. The van der Waals surface area contributed by atoms with Crippen molar-refractivity contribution in [2.45, 2.75) is 18.9 Å². The molecule has 0 saturated carbocycles. The second-order valence-corrected chi connectivity index (χ2v) is 6.24. The van der Waals surface area contributed by atoms with E-state index < -0.39 is 17.9 Å². The Morgan fingerprint density at radius 1 is 1.36 bits per heavy atom. The molecule has 1 aromatic rings. The summed E-state index contributed by atoms with van der Waals surface area (Å²) >= 11 is 0. The number of carboxylic acid groups (broad SMARTS) is 1. The standard InChI is InChI=1S/C18H20N2O5/c1-11-13-6-2-3-7-14(13)17(22)20(11)9-15(21)19-16(18(23)24)12-5-4-8-25-10-12/h2-3,6-7,12,16H,1,4-5,8-10H2,(H,19,21)(H,23,24). The molecule has 0 aromatic heterocycles. The molecule has 0 aliphatic carbocycles. The Bertz CT molecular complexity index is 689. The second-order valence-electron chi connectivity index (χ2n) is 6.24. The van der Waals surface area contributed by atoms with Gasteiger partial charge in [-0.25, -0.2) is 4.79 Å². The van der Waals surface area contributed by atoms with Gasteiger partial charge < -0.3 is 15.2 Å². The largest absolute Gasteiger partial charge is 0.480 e. The first-order chi connectivity index (χ1) is 12.0. The van der Waals surface area contributed by atoms with Gasteiger partial charge in [0.25, 0.3) is 5.91 Å². The Hall–Kier alpha value is -2.67.